The molecule has 0 aliphatic heterocycles. The number of aromatic amines is 1. The van der Waals surface area contributed by atoms with Crippen LogP contribution in [-0.2, 0) is 10.0 Å². The van der Waals surface area contributed by atoms with E-state index in [1.54, 1.807) is 13.0 Å². The molecule has 0 amide bonds. The van der Waals surface area contributed by atoms with E-state index in [1.807, 2.05) is 0 Å². The minimum atomic E-state index is -3.81. The molecule has 2 rings (SSSR count). The molecule has 0 fully saturated rings. The number of nitrogens with one attached hydrogen (secondary N) is 2. The molecule has 0 spiro atoms. The standard InChI is InChI=1S/C10H10FN3O2S/c1-7-2-3-9(8(11)6-7)14-17(15,16)10-4-5-12-13-10/h2-6,14H,1H3,(H,12,13). The Morgan fingerprint density at radius 1 is 1.35 bits per heavy atom. The lowest BCUT2D eigenvalue weighted by Crippen LogP contribution is -2.14. The fourth-order valence-corrected chi connectivity index (χ4v) is 2.27. The van der Waals surface area contributed by atoms with Crippen LogP contribution in [0, 0.1) is 12.7 Å². The number of aromatic nitrogens is 2. The van der Waals surface area contributed by atoms with Crippen molar-refractivity contribution in [3.8, 4) is 0 Å². The fraction of sp³-hybridized carbons (Fsp3) is 0.100. The van der Waals surface area contributed by atoms with Gasteiger partial charge in [0, 0.05) is 0 Å². The van der Waals surface area contributed by atoms with Crippen LogP contribution >= 0.6 is 0 Å². The fourth-order valence-electron chi connectivity index (χ4n) is 1.30. The van der Waals surface area contributed by atoms with Gasteiger partial charge in [-0.15, -0.1) is 0 Å². The van der Waals surface area contributed by atoms with E-state index < -0.39 is 15.8 Å². The summed E-state index contributed by atoms with van der Waals surface area (Å²) in [6.07, 6.45) is 1.31. The van der Waals surface area contributed by atoms with Crippen molar-refractivity contribution in [3.05, 3.63) is 41.8 Å². The van der Waals surface area contributed by atoms with Crippen molar-refractivity contribution in [3.63, 3.8) is 0 Å². The Balaban J connectivity index is 2.33. The number of H-pyrrole nitrogens is 1. The predicted molar refractivity (Wildman–Crippen MR) is 60.5 cm³/mol. The normalized spacial score (nSPS) is 11.4. The van der Waals surface area contributed by atoms with Gasteiger partial charge in [-0.2, -0.15) is 13.5 Å². The summed E-state index contributed by atoms with van der Waals surface area (Å²) in [5.41, 5.74) is 0.622. The molecule has 0 bridgehead atoms. The van der Waals surface area contributed by atoms with Crippen LogP contribution in [0.15, 0.2) is 35.5 Å². The number of hydrogen-bond acceptors (Lipinski definition) is 3. The van der Waals surface area contributed by atoms with Crippen molar-refractivity contribution < 1.29 is 12.8 Å². The Kier molecular flexibility index (Phi) is 2.84. The largest absolute Gasteiger partial charge is 0.278 e. The number of nitrogens with zero attached hydrogens (tertiary/aromatic N) is 1. The summed E-state index contributed by atoms with van der Waals surface area (Å²) in [4.78, 5) is 0. The van der Waals surface area contributed by atoms with Crippen LogP contribution in [0.1, 0.15) is 5.56 Å². The SMILES string of the molecule is Cc1ccc(NS(=O)(=O)c2ccn[nH]2)c(F)c1. The summed E-state index contributed by atoms with van der Waals surface area (Å²) in [5.74, 6) is -0.618. The molecule has 0 aliphatic carbocycles. The Bertz CT molecular complexity index is 623. The summed E-state index contributed by atoms with van der Waals surface area (Å²) in [5, 5.41) is 5.72. The molecule has 17 heavy (non-hydrogen) atoms. The van der Waals surface area contributed by atoms with E-state index in [0.717, 1.165) is 0 Å². The Labute approximate surface area is 97.7 Å². The van der Waals surface area contributed by atoms with Gasteiger partial charge in [-0.05, 0) is 30.7 Å². The van der Waals surface area contributed by atoms with Crippen molar-refractivity contribution in [2.45, 2.75) is 11.9 Å². The van der Waals surface area contributed by atoms with E-state index >= 15 is 0 Å². The molecule has 0 atom stereocenters. The summed E-state index contributed by atoms with van der Waals surface area (Å²) in [6.45, 7) is 1.72. The average Bonchev–Trinajstić information content (AvgIpc) is 2.76. The van der Waals surface area contributed by atoms with Gasteiger partial charge in [0.05, 0.1) is 11.9 Å². The first-order chi connectivity index (χ1) is 7.99. The van der Waals surface area contributed by atoms with Gasteiger partial charge < -0.3 is 0 Å². The van der Waals surface area contributed by atoms with Gasteiger partial charge in [-0.1, -0.05) is 6.07 Å². The summed E-state index contributed by atoms with van der Waals surface area (Å²) in [6, 6.07) is 5.53. The molecular formula is C10H10FN3O2S. The van der Waals surface area contributed by atoms with E-state index in [4.69, 9.17) is 0 Å². The molecular weight excluding hydrogens is 245 g/mol. The maximum absolute atomic E-state index is 13.5. The lowest BCUT2D eigenvalue weighted by Gasteiger charge is -2.07. The number of benzene rings is 1. The van der Waals surface area contributed by atoms with Gasteiger partial charge in [0.2, 0.25) is 0 Å². The lowest BCUT2D eigenvalue weighted by atomic mass is 10.2. The number of rotatable bonds is 3. The van der Waals surface area contributed by atoms with Crippen molar-refractivity contribution >= 4 is 15.7 Å². The molecule has 0 unspecified atom stereocenters. The monoisotopic (exact) mass is 255 g/mol. The highest BCUT2D eigenvalue weighted by molar-refractivity contribution is 7.92. The van der Waals surface area contributed by atoms with Crippen LogP contribution < -0.4 is 4.72 Å². The molecule has 5 nitrogen and oxygen atoms in total. The zero-order chi connectivity index (χ0) is 12.5. The van der Waals surface area contributed by atoms with Crippen LogP contribution in [0.2, 0.25) is 0 Å². The zero-order valence-electron chi connectivity index (χ0n) is 8.94. The van der Waals surface area contributed by atoms with Crippen LogP contribution in [0.5, 0.6) is 0 Å². The summed E-state index contributed by atoms with van der Waals surface area (Å²) < 4.78 is 39.1. The molecule has 2 aromatic rings. The first-order valence-corrected chi connectivity index (χ1v) is 6.26. The maximum Gasteiger partial charge on any atom is 0.278 e. The molecule has 7 heteroatoms. The first kappa shape index (κ1) is 11.6. The van der Waals surface area contributed by atoms with Crippen LogP contribution in [0.4, 0.5) is 10.1 Å². The molecule has 1 aromatic heterocycles. The van der Waals surface area contributed by atoms with Crippen molar-refractivity contribution in [2.75, 3.05) is 4.72 Å². The minimum Gasteiger partial charge on any atom is -0.275 e. The molecule has 0 saturated carbocycles. The molecule has 2 N–H and O–H groups in total. The molecule has 1 aromatic carbocycles. The first-order valence-electron chi connectivity index (χ1n) is 4.77. The van der Waals surface area contributed by atoms with E-state index in [2.05, 4.69) is 14.9 Å². The smallest absolute Gasteiger partial charge is 0.275 e. The average molecular weight is 255 g/mol. The Morgan fingerprint density at radius 3 is 2.71 bits per heavy atom. The lowest BCUT2D eigenvalue weighted by molar-refractivity contribution is 0.594. The second-order valence-electron chi connectivity index (χ2n) is 3.51. The van der Waals surface area contributed by atoms with E-state index in [1.165, 1.54) is 24.4 Å². The van der Waals surface area contributed by atoms with Crippen LogP contribution in [-0.4, -0.2) is 18.6 Å². The molecule has 0 saturated heterocycles. The molecule has 0 radical (unpaired) electrons. The van der Waals surface area contributed by atoms with Crippen LogP contribution in [0.3, 0.4) is 0 Å². The molecule has 1 heterocycles. The number of aryl methyl sites for hydroxylation is 1. The number of sulfonamides is 1. The third-order valence-corrected chi connectivity index (χ3v) is 3.43. The predicted octanol–water partition coefficient (Wildman–Crippen LogP) is 1.66. The van der Waals surface area contributed by atoms with Gasteiger partial charge in [-0.25, -0.2) is 4.39 Å². The zero-order valence-corrected chi connectivity index (χ0v) is 9.75. The Morgan fingerprint density at radius 2 is 2.12 bits per heavy atom. The topological polar surface area (TPSA) is 74.8 Å². The van der Waals surface area contributed by atoms with Gasteiger partial charge in [0.15, 0.2) is 5.03 Å². The minimum absolute atomic E-state index is 0.0924. The van der Waals surface area contributed by atoms with Crippen molar-refractivity contribution in [2.24, 2.45) is 0 Å². The summed E-state index contributed by atoms with van der Waals surface area (Å²) in [7, 11) is -3.81. The molecule has 0 aliphatic rings. The number of hydrogen-bond donors (Lipinski definition) is 2. The second-order valence-corrected chi connectivity index (χ2v) is 5.16. The molecule has 90 valence electrons. The highest BCUT2D eigenvalue weighted by Gasteiger charge is 2.17. The number of halogens is 1. The summed E-state index contributed by atoms with van der Waals surface area (Å²) >= 11 is 0. The van der Waals surface area contributed by atoms with E-state index in [0.29, 0.717) is 5.56 Å². The Hall–Kier alpha value is -1.89. The van der Waals surface area contributed by atoms with Crippen LogP contribution in [0.25, 0.3) is 0 Å². The van der Waals surface area contributed by atoms with E-state index in [9.17, 15) is 12.8 Å². The quantitative estimate of drug-likeness (QED) is 0.875. The third kappa shape index (κ3) is 2.44. The van der Waals surface area contributed by atoms with Gasteiger partial charge in [0.1, 0.15) is 5.82 Å². The highest BCUT2D eigenvalue weighted by Crippen LogP contribution is 2.18. The van der Waals surface area contributed by atoms with Crippen molar-refractivity contribution in [1.29, 1.82) is 0 Å². The van der Waals surface area contributed by atoms with Gasteiger partial charge >= 0.3 is 0 Å². The highest BCUT2D eigenvalue weighted by atomic mass is 32.2. The van der Waals surface area contributed by atoms with E-state index in [-0.39, 0.29) is 10.7 Å². The second kappa shape index (κ2) is 4.17. The third-order valence-electron chi connectivity index (χ3n) is 2.13. The van der Waals surface area contributed by atoms with Gasteiger partial charge in [-0.3, -0.25) is 9.82 Å². The number of anilines is 1. The van der Waals surface area contributed by atoms with Gasteiger partial charge in [0.25, 0.3) is 10.0 Å². The van der Waals surface area contributed by atoms with Crippen molar-refractivity contribution in [1.82, 2.24) is 10.2 Å². The maximum atomic E-state index is 13.5.